The van der Waals surface area contributed by atoms with Crippen LogP contribution in [0.15, 0.2) is 42.0 Å². The van der Waals surface area contributed by atoms with Gasteiger partial charge >= 0.3 is 155 Å². The van der Waals surface area contributed by atoms with Crippen molar-refractivity contribution in [2.24, 2.45) is 0 Å². The third-order valence-corrected chi connectivity index (χ3v) is 5.34. The average molecular weight is 405 g/mol. The van der Waals surface area contributed by atoms with E-state index in [1.54, 1.807) is 27.4 Å². The maximum absolute atomic E-state index is 12.8. The number of rotatable bonds is 7. The number of ether oxygens (including phenoxy) is 3. The van der Waals surface area contributed by atoms with Gasteiger partial charge in [-0.1, -0.05) is 0 Å². The van der Waals surface area contributed by atoms with E-state index in [1.807, 2.05) is 43.3 Å². The summed E-state index contributed by atoms with van der Waals surface area (Å²) < 4.78 is 17.0. The van der Waals surface area contributed by atoms with Gasteiger partial charge in [-0.25, -0.2) is 0 Å². The van der Waals surface area contributed by atoms with E-state index < -0.39 is 0 Å². The summed E-state index contributed by atoms with van der Waals surface area (Å²) in [5, 5.41) is 0. The fourth-order valence-electron chi connectivity index (χ4n) is 2.46. The summed E-state index contributed by atoms with van der Waals surface area (Å²) in [6.45, 7) is 1.82. The zero-order chi connectivity index (χ0) is 18.4. The molecule has 2 aromatic rings. The molecule has 25 heavy (non-hydrogen) atoms. The summed E-state index contributed by atoms with van der Waals surface area (Å²) in [4.78, 5) is 12.8. The Bertz CT molecular complexity index is 754. The first kappa shape index (κ1) is 19.1. The van der Waals surface area contributed by atoms with Gasteiger partial charge in [-0.3, -0.25) is 0 Å². The second kappa shape index (κ2) is 8.75. The summed E-state index contributed by atoms with van der Waals surface area (Å²) in [5.74, 6) is 4.14. The molecule has 132 valence electrons. The Balaban J connectivity index is 2.36. The van der Waals surface area contributed by atoms with E-state index in [-0.39, 0.29) is 20.7 Å². The van der Waals surface area contributed by atoms with Gasteiger partial charge in [-0.15, -0.1) is 0 Å². The van der Waals surface area contributed by atoms with Crippen LogP contribution in [0.5, 0.6) is 17.2 Å². The molecule has 2 aromatic carbocycles. The van der Waals surface area contributed by atoms with E-state index >= 15 is 0 Å². The van der Waals surface area contributed by atoms with E-state index in [0.717, 1.165) is 15.8 Å². The van der Waals surface area contributed by atoms with Crippen molar-refractivity contribution in [1.82, 2.24) is 0 Å². The van der Waals surface area contributed by atoms with Crippen LogP contribution >= 0.6 is 0 Å². The average Bonchev–Trinajstić information content (AvgIpc) is 2.66. The van der Waals surface area contributed by atoms with Crippen molar-refractivity contribution in [2.45, 2.75) is 12.7 Å². The monoisotopic (exact) mass is 406 g/mol. The predicted octanol–water partition coefficient (Wildman–Crippen LogP) is 3.38. The minimum absolute atomic E-state index is 0.0257. The molecule has 0 heterocycles. The molecule has 0 aromatic heterocycles. The predicted molar refractivity (Wildman–Crippen MR) is 102 cm³/mol. The van der Waals surface area contributed by atoms with Crippen LogP contribution < -0.4 is 18.7 Å². The summed E-state index contributed by atoms with van der Waals surface area (Å²) >= 11 is 0.183. The van der Waals surface area contributed by atoms with Crippen molar-refractivity contribution in [2.75, 3.05) is 21.3 Å². The third kappa shape index (κ3) is 4.44. The number of methoxy groups -OCH3 is 3. The number of hydrogen-bond acceptors (Lipinski definition) is 4. The molecule has 0 saturated heterocycles. The van der Waals surface area contributed by atoms with E-state index in [1.165, 1.54) is 0 Å². The van der Waals surface area contributed by atoms with Gasteiger partial charge in [0.1, 0.15) is 0 Å². The molecule has 0 spiro atoms. The van der Waals surface area contributed by atoms with Crippen LogP contribution in [0, 0.1) is 0 Å². The Morgan fingerprint density at radius 2 is 1.68 bits per heavy atom. The number of Topliss-reactive ketones (excluding diaryl/α,β-unsaturated/α-hetero) is 1. The second-order valence-corrected chi connectivity index (χ2v) is 7.12. The van der Waals surface area contributed by atoms with Crippen LogP contribution in [-0.4, -0.2) is 42.1 Å². The molecule has 0 saturated carbocycles. The van der Waals surface area contributed by atoms with E-state index in [0.29, 0.717) is 22.6 Å². The molecule has 0 radical (unpaired) electrons. The van der Waals surface area contributed by atoms with Gasteiger partial charge < -0.3 is 0 Å². The van der Waals surface area contributed by atoms with Crippen molar-refractivity contribution in [3.63, 3.8) is 0 Å². The molecule has 4 nitrogen and oxygen atoms in total. The molecule has 0 aliphatic heterocycles. The number of hydrogen-bond donors (Lipinski definition) is 0. The first-order chi connectivity index (χ1) is 12.0. The molecule has 0 amide bonds. The van der Waals surface area contributed by atoms with Gasteiger partial charge in [-0.2, -0.15) is 0 Å². The zero-order valence-electron chi connectivity index (χ0n) is 15.1. The van der Waals surface area contributed by atoms with Gasteiger partial charge in [0.25, 0.3) is 0 Å². The van der Waals surface area contributed by atoms with Gasteiger partial charge in [0, 0.05) is 0 Å². The van der Waals surface area contributed by atoms with Crippen LogP contribution in [0.4, 0.5) is 0 Å². The van der Waals surface area contributed by atoms with Crippen LogP contribution in [-0.2, 0) is 0 Å². The Kier molecular flexibility index (Phi) is 6.68. The zero-order valence-corrected chi connectivity index (χ0v) is 16.8. The molecular weight excluding hydrogens is 383 g/mol. The number of allylic oxidation sites excluding steroid dienone is 1. The summed E-state index contributed by atoms with van der Waals surface area (Å²) in [7, 11) is 4.82. The van der Waals surface area contributed by atoms with Crippen molar-refractivity contribution in [3.8, 4) is 17.2 Å². The number of ketones is 1. The fraction of sp³-hybridized carbons (Fsp3) is 0.250. The molecule has 0 unspecified atom stereocenters. The number of carbonyl (C=O) groups is 1. The molecule has 0 aliphatic carbocycles. The van der Waals surface area contributed by atoms with Gasteiger partial charge in [0.05, 0.1) is 0 Å². The first-order valence-corrected chi connectivity index (χ1v) is 10.3. The number of carbonyl (C=O) groups excluding carboxylic acids is 1. The van der Waals surface area contributed by atoms with Gasteiger partial charge in [0.15, 0.2) is 0 Å². The molecule has 0 bridgehead atoms. The Morgan fingerprint density at radius 3 is 2.20 bits per heavy atom. The van der Waals surface area contributed by atoms with Crippen molar-refractivity contribution in [1.29, 1.82) is 0 Å². The molecule has 5 heteroatoms. The van der Waals surface area contributed by atoms with Crippen molar-refractivity contribution >= 4 is 31.3 Å². The first-order valence-electron chi connectivity index (χ1n) is 7.71. The molecule has 0 atom stereocenters. The SMILES string of the molecule is COc1ccc(/C=C(\C)C(=O)c2cc(OC)c(OC)c([Se]C)c2)cc1. The fourth-order valence-corrected chi connectivity index (χ4v) is 3.74. The molecule has 0 N–H and O–H groups in total. The Morgan fingerprint density at radius 1 is 1.00 bits per heavy atom. The third-order valence-electron chi connectivity index (χ3n) is 3.78. The quantitative estimate of drug-likeness (QED) is 0.403. The van der Waals surface area contributed by atoms with Crippen molar-refractivity contribution < 1.29 is 19.0 Å². The van der Waals surface area contributed by atoms with Crippen LogP contribution in [0.3, 0.4) is 0 Å². The Hall–Kier alpha value is -2.23. The van der Waals surface area contributed by atoms with E-state index in [9.17, 15) is 4.79 Å². The normalized spacial score (nSPS) is 11.2. The Labute approximate surface area is 155 Å². The molecule has 0 fully saturated rings. The second-order valence-electron chi connectivity index (χ2n) is 5.34. The summed E-state index contributed by atoms with van der Waals surface area (Å²) in [6, 6.07) is 11.2. The number of benzene rings is 2. The molecule has 2 rings (SSSR count). The maximum atomic E-state index is 12.8. The van der Waals surface area contributed by atoms with Crippen molar-refractivity contribution in [3.05, 3.63) is 53.1 Å². The molecule has 0 aliphatic rings. The standard InChI is InChI=1S/C20H22O4Se/c1-13(10-14-6-8-16(22-2)9-7-14)19(21)15-11-17(23-3)20(24-4)18(12-15)25-5/h6-12H,1-5H3/b13-10+. The van der Waals surface area contributed by atoms with Crippen LogP contribution in [0.25, 0.3) is 6.08 Å². The van der Waals surface area contributed by atoms with Crippen LogP contribution in [0.1, 0.15) is 22.8 Å². The van der Waals surface area contributed by atoms with Crippen LogP contribution in [0.2, 0.25) is 5.82 Å². The van der Waals surface area contributed by atoms with E-state index in [2.05, 4.69) is 5.82 Å². The van der Waals surface area contributed by atoms with E-state index in [4.69, 9.17) is 14.2 Å². The minimum atomic E-state index is -0.0257. The summed E-state index contributed by atoms with van der Waals surface area (Å²) in [6.07, 6.45) is 1.87. The summed E-state index contributed by atoms with van der Waals surface area (Å²) in [5.41, 5.74) is 2.22. The van der Waals surface area contributed by atoms with Gasteiger partial charge in [-0.05, 0) is 0 Å². The molecular formula is C20H22O4Se. The van der Waals surface area contributed by atoms with Gasteiger partial charge in [0.2, 0.25) is 0 Å². The topological polar surface area (TPSA) is 44.8 Å².